The van der Waals surface area contributed by atoms with Crippen molar-refractivity contribution < 1.29 is 37.5 Å². The van der Waals surface area contributed by atoms with E-state index in [0.29, 0.717) is 19.6 Å². The van der Waals surface area contributed by atoms with Crippen LogP contribution in [0.15, 0.2) is 49.1 Å². The molecule has 0 aliphatic heterocycles. The second kappa shape index (κ2) is 17.6. The second-order valence-corrected chi connectivity index (χ2v) is 14.4. The average molecular weight is 639 g/mol. The van der Waals surface area contributed by atoms with Crippen molar-refractivity contribution in [2.24, 2.45) is 0 Å². The third kappa shape index (κ3) is 11.3. The molecule has 10 heteroatoms. The van der Waals surface area contributed by atoms with Crippen LogP contribution in [0.3, 0.4) is 0 Å². The minimum absolute atomic E-state index is 0.0358. The van der Waals surface area contributed by atoms with E-state index in [0.717, 1.165) is 49.8 Å². The number of benzene rings is 1. The van der Waals surface area contributed by atoms with Crippen LogP contribution in [-0.4, -0.2) is 48.9 Å². The van der Waals surface area contributed by atoms with Gasteiger partial charge in [0.2, 0.25) is 0 Å². The normalized spacial score (nSPS) is 12.3. The molecule has 0 spiro atoms. The summed E-state index contributed by atoms with van der Waals surface area (Å²) in [6.07, 6.45) is 22.3. The van der Waals surface area contributed by atoms with E-state index in [2.05, 4.69) is 80.8 Å². The molecule has 0 saturated carbocycles. The molecule has 0 amide bonds. The van der Waals surface area contributed by atoms with Crippen LogP contribution < -0.4 is 9.13 Å². The van der Waals surface area contributed by atoms with E-state index in [1.165, 1.54) is 33.4 Å². The number of nitrogens with zero attached hydrogens (tertiary/aromatic N) is 2. The minimum atomic E-state index is -3.99. The van der Waals surface area contributed by atoms with Crippen LogP contribution in [0.5, 0.6) is 0 Å². The summed E-state index contributed by atoms with van der Waals surface area (Å²) in [5.74, 6) is 0. The Hall–Kier alpha value is -2.81. The molecule has 0 aliphatic rings. The lowest BCUT2D eigenvalue weighted by Gasteiger charge is -2.21. The predicted octanol–water partition coefficient (Wildman–Crippen LogP) is 3.54. The van der Waals surface area contributed by atoms with Crippen molar-refractivity contribution in [3.63, 3.8) is 0 Å². The number of aryl methyl sites for hydroxylation is 2. The maximum Gasteiger partial charge on any atom is 0.492 e. The van der Waals surface area contributed by atoms with Gasteiger partial charge in [0.05, 0.1) is 0 Å². The van der Waals surface area contributed by atoms with E-state index in [-0.39, 0.29) is 6.04 Å². The Bertz CT molecular complexity index is 1390. The Morgan fingerprint density at radius 2 is 1.14 bits per heavy atom. The van der Waals surface area contributed by atoms with Gasteiger partial charge < -0.3 is 28.4 Å². The molecular formula is C34H50N2O6Si2+2. The molecule has 3 aromatic rings. The molecular weight excluding hydrogens is 589 g/mol. The van der Waals surface area contributed by atoms with Crippen LogP contribution in [0, 0.1) is 13.8 Å². The van der Waals surface area contributed by atoms with Gasteiger partial charge in [0.1, 0.15) is 6.54 Å². The van der Waals surface area contributed by atoms with E-state index in [1.807, 2.05) is 29.4 Å². The van der Waals surface area contributed by atoms with Crippen LogP contribution in [0.1, 0.15) is 84.0 Å². The van der Waals surface area contributed by atoms with E-state index in [1.54, 1.807) is 0 Å². The first-order valence-corrected chi connectivity index (χ1v) is 19.2. The molecule has 5 N–H and O–H groups in total. The van der Waals surface area contributed by atoms with Gasteiger partial charge in [0.15, 0.2) is 31.3 Å². The first-order valence-electron chi connectivity index (χ1n) is 15.7. The largest absolute Gasteiger partial charge is 0.492 e. The monoisotopic (exact) mass is 638 g/mol. The molecule has 0 radical (unpaired) electrons. The molecule has 0 unspecified atom stereocenters. The highest BCUT2D eigenvalue weighted by atomic mass is 28.4. The SMILES string of the molecule is CCCc1c(C)c(/C=C/c2cc[n+](CCC[Si](O)(O)O)cc2)c(CCC)c(C)c1/C=C/c1cc[n+](CCCO[SiH](O)O)cc1. The third-order valence-electron chi connectivity index (χ3n) is 7.84. The quantitative estimate of drug-likeness (QED) is 0.0878. The van der Waals surface area contributed by atoms with Gasteiger partial charge in [0, 0.05) is 49.8 Å². The lowest BCUT2D eigenvalue weighted by atomic mass is 9.83. The fourth-order valence-electron chi connectivity index (χ4n) is 5.53. The minimum Gasteiger partial charge on any atom is -0.392 e. The lowest BCUT2D eigenvalue weighted by molar-refractivity contribution is -0.697. The molecule has 0 atom stereocenters. The van der Waals surface area contributed by atoms with Crippen LogP contribution in [-0.2, 0) is 30.4 Å². The van der Waals surface area contributed by atoms with Crippen molar-refractivity contribution >= 4 is 42.6 Å². The highest BCUT2D eigenvalue weighted by Crippen LogP contribution is 2.32. The van der Waals surface area contributed by atoms with Crippen molar-refractivity contribution in [2.75, 3.05) is 6.61 Å². The summed E-state index contributed by atoms with van der Waals surface area (Å²) in [4.78, 5) is 45.6. The molecule has 1 aromatic carbocycles. The zero-order valence-corrected chi connectivity index (χ0v) is 28.8. The Morgan fingerprint density at radius 3 is 1.52 bits per heavy atom. The molecule has 2 heterocycles. The van der Waals surface area contributed by atoms with Crippen molar-refractivity contribution in [1.29, 1.82) is 0 Å². The maximum absolute atomic E-state index is 9.24. The molecule has 0 saturated heterocycles. The van der Waals surface area contributed by atoms with Crippen LogP contribution in [0.25, 0.3) is 24.3 Å². The summed E-state index contributed by atoms with van der Waals surface area (Å²) >= 11 is 0. The van der Waals surface area contributed by atoms with Gasteiger partial charge in [-0.05, 0) is 71.2 Å². The van der Waals surface area contributed by atoms with Crippen molar-refractivity contribution in [2.45, 2.75) is 85.4 Å². The highest BCUT2D eigenvalue weighted by molar-refractivity contribution is 6.56. The Labute approximate surface area is 265 Å². The van der Waals surface area contributed by atoms with Gasteiger partial charge in [-0.2, -0.15) is 0 Å². The lowest BCUT2D eigenvalue weighted by Crippen LogP contribution is -2.38. The number of hydrogen-bond donors (Lipinski definition) is 5. The van der Waals surface area contributed by atoms with Crippen LogP contribution >= 0.6 is 0 Å². The fraction of sp³-hybridized carbons (Fsp3) is 0.412. The summed E-state index contributed by atoms with van der Waals surface area (Å²) in [5, 5.41) is 0. The van der Waals surface area contributed by atoms with Crippen molar-refractivity contribution in [1.82, 2.24) is 0 Å². The summed E-state index contributed by atoms with van der Waals surface area (Å²) in [5.41, 5.74) is 10.3. The van der Waals surface area contributed by atoms with E-state index in [4.69, 9.17) is 14.0 Å². The van der Waals surface area contributed by atoms with E-state index in [9.17, 15) is 14.4 Å². The standard InChI is InChI=1S/C34H50N2O6Si2/c1-5-9-31-28(4)34(14-12-30-17-23-36(24-18-30)20-8-26-44(39,40)41)32(10-6-2)27(3)33(31)13-11-29-15-21-35(22-16-29)19-7-25-42-43(37)38/h11-18,21-24,37-41,43H,5-10,19-20,25-26H2,1-4H3/q+2/b13-11+,14-12+. The van der Waals surface area contributed by atoms with Gasteiger partial charge in [0.25, 0.3) is 0 Å². The number of rotatable bonds is 17. The summed E-state index contributed by atoms with van der Waals surface area (Å²) in [6.45, 7) is 10.7. The first kappa shape index (κ1) is 35.7. The zero-order chi connectivity index (χ0) is 32.1. The van der Waals surface area contributed by atoms with E-state index < -0.39 is 18.3 Å². The number of pyridine rings is 2. The van der Waals surface area contributed by atoms with Crippen LogP contribution in [0.2, 0.25) is 6.04 Å². The van der Waals surface area contributed by atoms with Gasteiger partial charge >= 0.3 is 18.3 Å². The zero-order valence-electron chi connectivity index (χ0n) is 26.6. The van der Waals surface area contributed by atoms with Gasteiger partial charge in [-0.3, -0.25) is 0 Å². The van der Waals surface area contributed by atoms with Crippen LogP contribution in [0.4, 0.5) is 0 Å². The van der Waals surface area contributed by atoms with Crippen molar-refractivity contribution in [3.05, 3.63) is 93.6 Å². The molecule has 8 nitrogen and oxygen atoms in total. The Kier molecular flexibility index (Phi) is 14.3. The van der Waals surface area contributed by atoms with Gasteiger partial charge in [-0.15, -0.1) is 0 Å². The molecule has 0 aliphatic carbocycles. The third-order valence-corrected chi connectivity index (χ3v) is 9.40. The predicted molar refractivity (Wildman–Crippen MR) is 179 cm³/mol. The molecule has 238 valence electrons. The molecule has 44 heavy (non-hydrogen) atoms. The summed E-state index contributed by atoms with van der Waals surface area (Å²) < 4.78 is 8.99. The average Bonchev–Trinajstić information content (AvgIpc) is 2.98. The topological polar surface area (TPSA) is 118 Å². The summed E-state index contributed by atoms with van der Waals surface area (Å²) in [7, 11) is -6.93. The van der Waals surface area contributed by atoms with E-state index >= 15 is 0 Å². The van der Waals surface area contributed by atoms with Crippen molar-refractivity contribution in [3.8, 4) is 0 Å². The second-order valence-electron chi connectivity index (χ2n) is 11.4. The first-order chi connectivity index (χ1) is 21.0. The molecule has 3 rings (SSSR count). The van der Waals surface area contributed by atoms with Gasteiger partial charge in [-0.1, -0.05) is 51.0 Å². The Balaban J connectivity index is 1.83. The molecule has 0 bridgehead atoms. The smallest absolute Gasteiger partial charge is 0.392 e. The molecule has 2 aromatic heterocycles. The highest BCUT2D eigenvalue weighted by Gasteiger charge is 2.26. The number of hydrogen-bond acceptors (Lipinski definition) is 6. The molecule has 0 fully saturated rings. The summed E-state index contributed by atoms with van der Waals surface area (Å²) in [6, 6.07) is 8.35. The fourth-order valence-corrected chi connectivity index (χ4v) is 6.54. The number of aromatic nitrogens is 2. The van der Waals surface area contributed by atoms with Gasteiger partial charge in [-0.25, -0.2) is 9.13 Å². The maximum atomic E-state index is 9.24. The Morgan fingerprint density at radius 1 is 0.705 bits per heavy atom.